The molecule has 0 saturated heterocycles. The highest BCUT2D eigenvalue weighted by Gasteiger charge is 2.48. The van der Waals surface area contributed by atoms with Crippen LogP contribution in [0.5, 0.6) is 0 Å². The number of fused-ring (bicyclic) bond motifs is 2. The first kappa shape index (κ1) is 12.1. The second-order valence-electron chi connectivity index (χ2n) is 5.83. The van der Waals surface area contributed by atoms with Crippen molar-refractivity contribution in [2.75, 3.05) is 0 Å². The molecule has 2 aromatic carbocycles. The highest BCUT2D eigenvalue weighted by Crippen LogP contribution is 2.50. The van der Waals surface area contributed by atoms with Crippen LogP contribution in [-0.4, -0.2) is 5.11 Å². The molecule has 3 unspecified atom stereocenters. The van der Waals surface area contributed by atoms with Crippen molar-refractivity contribution in [2.24, 2.45) is 5.73 Å². The lowest BCUT2D eigenvalue weighted by molar-refractivity contribution is -0.00362. The van der Waals surface area contributed by atoms with E-state index in [-0.39, 0.29) is 12.1 Å². The van der Waals surface area contributed by atoms with Crippen molar-refractivity contribution >= 4 is 0 Å². The van der Waals surface area contributed by atoms with Crippen LogP contribution in [0.3, 0.4) is 0 Å². The van der Waals surface area contributed by atoms with E-state index < -0.39 is 5.60 Å². The number of hydrogen-bond donors (Lipinski definition) is 3. The van der Waals surface area contributed by atoms with Gasteiger partial charge in [-0.15, -0.1) is 0 Å². The zero-order chi connectivity index (χ0) is 13.7. The Balaban J connectivity index is 1.84. The molecule has 4 rings (SSSR count). The molecule has 0 radical (unpaired) electrons. The first-order valence-corrected chi connectivity index (χ1v) is 7.09. The number of benzene rings is 2. The first-order chi connectivity index (χ1) is 9.70. The molecule has 3 heteroatoms. The number of hydrogen-bond acceptors (Lipinski definition) is 3. The third-order valence-electron chi connectivity index (χ3n) is 4.70. The molecule has 0 fully saturated rings. The lowest BCUT2D eigenvalue weighted by Gasteiger charge is -2.32. The van der Waals surface area contributed by atoms with Gasteiger partial charge in [-0.05, 0) is 22.3 Å². The van der Waals surface area contributed by atoms with E-state index in [4.69, 9.17) is 5.73 Å². The largest absolute Gasteiger partial charge is 0.383 e. The maximum absolute atomic E-state index is 11.3. The second-order valence-corrected chi connectivity index (χ2v) is 5.83. The Hall–Kier alpha value is -1.68. The van der Waals surface area contributed by atoms with Crippen molar-refractivity contribution in [3.05, 3.63) is 70.8 Å². The van der Waals surface area contributed by atoms with Gasteiger partial charge < -0.3 is 16.2 Å². The van der Waals surface area contributed by atoms with E-state index in [0.717, 1.165) is 17.7 Å². The summed E-state index contributed by atoms with van der Waals surface area (Å²) < 4.78 is 0. The summed E-state index contributed by atoms with van der Waals surface area (Å²) in [5.74, 6) is 0. The fourth-order valence-corrected chi connectivity index (χ4v) is 3.77. The van der Waals surface area contributed by atoms with Crippen LogP contribution in [0.25, 0.3) is 0 Å². The molecule has 0 saturated carbocycles. The zero-order valence-electron chi connectivity index (χ0n) is 11.2. The monoisotopic (exact) mass is 266 g/mol. The average Bonchev–Trinajstić information content (AvgIpc) is 3.01. The molecule has 1 heterocycles. The topological polar surface area (TPSA) is 58.3 Å². The van der Waals surface area contributed by atoms with Crippen LogP contribution in [0.4, 0.5) is 0 Å². The lowest BCUT2D eigenvalue weighted by Crippen LogP contribution is -2.37. The minimum Gasteiger partial charge on any atom is -0.383 e. The minimum absolute atomic E-state index is 0.0756. The van der Waals surface area contributed by atoms with Gasteiger partial charge in [-0.3, -0.25) is 0 Å². The smallest absolute Gasteiger partial charge is 0.111 e. The summed E-state index contributed by atoms with van der Waals surface area (Å²) >= 11 is 0. The highest BCUT2D eigenvalue weighted by molar-refractivity contribution is 5.46. The summed E-state index contributed by atoms with van der Waals surface area (Å²) in [5, 5.41) is 14.8. The van der Waals surface area contributed by atoms with Gasteiger partial charge in [0, 0.05) is 19.0 Å². The molecule has 3 nitrogen and oxygen atoms in total. The van der Waals surface area contributed by atoms with Crippen molar-refractivity contribution < 1.29 is 5.11 Å². The average molecular weight is 266 g/mol. The molecule has 2 aliphatic rings. The van der Waals surface area contributed by atoms with Gasteiger partial charge in [-0.25, -0.2) is 0 Å². The van der Waals surface area contributed by atoms with Crippen molar-refractivity contribution in [3.63, 3.8) is 0 Å². The van der Waals surface area contributed by atoms with Crippen LogP contribution < -0.4 is 11.1 Å². The molecule has 2 aromatic rings. The molecule has 0 amide bonds. The Labute approximate surface area is 118 Å². The van der Waals surface area contributed by atoms with Gasteiger partial charge in [-0.2, -0.15) is 0 Å². The van der Waals surface area contributed by atoms with Gasteiger partial charge in [0.1, 0.15) is 5.60 Å². The molecule has 3 atom stereocenters. The molecule has 20 heavy (non-hydrogen) atoms. The van der Waals surface area contributed by atoms with Crippen molar-refractivity contribution in [3.8, 4) is 0 Å². The number of nitrogens with one attached hydrogen (secondary N) is 1. The van der Waals surface area contributed by atoms with Crippen LogP contribution in [0.1, 0.15) is 40.8 Å². The van der Waals surface area contributed by atoms with Crippen LogP contribution in [0.15, 0.2) is 48.5 Å². The van der Waals surface area contributed by atoms with E-state index in [1.165, 1.54) is 11.1 Å². The molecular weight excluding hydrogens is 248 g/mol. The summed E-state index contributed by atoms with van der Waals surface area (Å²) in [6.07, 6.45) is 0.568. The van der Waals surface area contributed by atoms with Gasteiger partial charge >= 0.3 is 0 Å². The molecule has 0 bridgehead atoms. The Morgan fingerprint density at radius 2 is 1.75 bits per heavy atom. The fourth-order valence-electron chi connectivity index (χ4n) is 3.77. The van der Waals surface area contributed by atoms with Crippen LogP contribution in [0, 0.1) is 0 Å². The van der Waals surface area contributed by atoms with Crippen molar-refractivity contribution in [1.82, 2.24) is 5.32 Å². The first-order valence-electron chi connectivity index (χ1n) is 7.09. The standard InChI is InChI=1S/C17H18N2O/c18-15-9-17(20,14-8-4-3-7-13(14)15)16-12-6-2-1-5-11(12)10-19-16/h1-8,15-16,19-20H,9-10,18H2. The minimum atomic E-state index is -0.914. The second kappa shape index (κ2) is 4.16. The molecular formula is C17H18N2O. The third kappa shape index (κ3) is 1.51. The van der Waals surface area contributed by atoms with Gasteiger partial charge in [0.25, 0.3) is 0 Å². The molecule has 102 valence electrons. The van der Waals surface area contributed by atoms with Gasteiger partial charge in [0.05, 0.1) is 6.04 Å². The van der Waals surface area contributed by atoms with Crippen LogP contribution >= 0.6 is 0 Å². The molecule has 0 spiro atoms. The van der Waals surface area contributed by atoms with Gasteiger partial charge in [0.15, 0.2) is 0 Å². The van der Waals surface area contributed by atoms with E-state index in [1.807, 2.05) is 36.4 Å². The molecule has 4 N–H and O–H groups in total. The Morgan fingerprint density at radius 3 is 2.60 bits per heavy atom. The van der Waals surface area contributed by atoms with E-state index in [1.54, 1.807) is 0 Å². The maximum atomic E-state index is 11.3. The molecule has 0 aromatic heterocycles. The predicted octanol–water partition coefficient (Wildman–Crippen LogP) is 2.12. The normalized spacial score (nSPS) is 31.1. The van der Waals surface area contributed by atoms with Crippen LogP contribution in [0.2, 0.25) is 0 Å². The van der Waals surface area contributed by atoms with E-state index >= 15 is 0 Å². The summed E-state index contributed by atoms with van der Waals surface area (Å²) in [6, 6.07) is 16.1. The number of aliphatic hydroxyl groups is 1. The fraction of sp³-hybridized carbons (Fsp3) is 0.294. The summed E-state index contributed by atoms with van der Waals surface area (Å²) in [4.78, 5) is 0. The van der Waals surface area contributed by atoms with Crippen molar-refractivity contribution in [2.45, 2.75) is 30.7 Å². The Morgan fingerprint density at radius 1 is 1.05 bits per heavy atom. The SMILES string of the molecule is NC1CC(O)(C2NCc3ccccc32)c2ccccc21. The summed E-state index contributed by atoms with van der Waals surface area (Å²) in [5.41, 5.74) is 9.81. The lowest BCUT2D eigenvalue weighted by atomic mass is 9.84. The predicted molar refractivity (Wildman–Crippen MR) is 77.9 cm³/mol. The maximum Gasteiger partial charge on any atom is 0.111 e. The van der Waals surface area contributed by atoms with E-state index in [2.05, 4.69) is 17.4 Å². The van der Waals surface area contributed by atoms with E-state index in [0.29, 0.717) is 6.42 Å². The van der Waals surface area contributed by atoms with Crippen LogP contribution in [-0.2, 0) is 12.1 Å². The summed E-state index contributed by atoms with van der Waals surface area (Å²) in [6.45, 7) is 0.806. The Kier molecular flexibility index (Phi) is 2.51. The van der Waals surface area contributed by atoms with Crippen molar-refractivity contribution in [1.29, 1.82) is 0 Å². The summed E-state index contributed by atoms with van der Waals surface area (Å²) in [7, 11) is 0. The molecule has 1 aliphatic carbocycles. The Bertz CT molecular complexity index is 670. The van der Waals surface area contributed by atoms with Gasteiger partial charge in [0.2, 0.25) is 0 Å². The van der Waals surface area contributed by atoms with Gasteiger partial charge in [-0.1, -0.05) is 48.5 Å². The highest BCUT2D eigenvalue weighted by atomic mass is 16.3. The number of rotatable bonds is 1. The third-order valence-corrected chi connectivity index (χ3v) is 4.70. The zero-order valence-corrected chi connectivity index (χ0v) is 11.2. The number of nitrogens with two attached hydrogens (primary N) is 1. The quantitative estimate of drug-likeness (QED) is 0.741. The van der Waals surface area contributed by atoms with E-state index in [9.17, 15) is 5.11 Å². The molecule has 1 aliphatic heterocycles.